The van der Waals surface area contributed by atoms with E-state index < -0.39 is 10.0 Å². The fraction of sp³-hybridized carbons (Fsp3) is 0.533. The number of likely N-dealkylation sites (tertiary alicyclic amines) is 1. The highest BCUT2D eigenvalue weighted by atomic mass is 32.2. The predicted molar refractivity (Wildman–Crippen MR) is 94.3 cm³/mol. The molecule has 0 saturated carbocycles. The Bertz CT molecular complexity index is 734. The molecule has 2 rings (SSSR count). The molecule has 0 radical (unpaired) electrons. The van der Waals surface area contributed by atoms with Gasteiger partial charge in [-0.3, -0.25) is 9.59 Å². The maximum Gasteiger partial charge on any atom is 0.244 e. The van der Waals surface area contributed by atoms with Crippen molar-refractivity contribution in [2.24, 2.45) is 11.7 Å². The fourth-order valence-corrected chi connectivity index (χ4v) is 4.07. The van der Waals surface area contributed by atoms with E-state index in [0.717, 1.165) is 17.1 Å². The van der Waals surface area contributed by atoms with Crippen molar-refractivity contribution >= 4 is 33.6 Å². The zero-order valence-electron chi connectivity index (χ0n) is 14.2. The summed E-state index contributed by atoms with van der Waals surface area (Å²) >= 11 is 1.23. The van der Waals surface area contributed by atoms with Gasteiger partial charge in [0, 0.05) is 33.4 Å². The van der Waals surface area contributed by atoms with Crippen LogP contribution in [0.5, 0.6) is 0 Å². The molecule has 1 aliphatic heterocycles. The predicted octanol–water partition coefficient (Wildman–Crippen LogP) is 0.148. The normalized spacial score (nSPS) is 18.4. The molecule has 2 heterocycles. The third kappa shape index (κ3) is 4.93. The molecule has 1 aliphatic rings. The number of primary amides is 1. The van der Waals surface area contributed by atoms with E-state index in [1.165, 1.54) is 38.1 Å². The van der Waals surface area contributed by atoms with Crippen molar-refractivity contribution in [3.8, 4) is 0 Å². The van der Waals surface area contributed by atoms with Crippen molar-refractivity contribution in [3.63, 3.8) is 0 Å². The number of sulfonamides is 1. The number of pyridine rings is 1. The van der Waals surface area contributed by atoms with Crippen LogP contribution in [0.15, 0.2) is 28.3 Å². The van der Waals surface area contributed by atoms with Crippen molar-refractivity contribution in [3.05, 3.63) is 18.3 Å². The van der Waals surface area contributed by atoms with Crippen LogP contribution in [0.1, 0.15) is 12.8 Å². The molecule has 1 atom stereocenters. The number of thioether (sulfide) groups is 1. The molecule has 138 valence electrons. The Hall–Kier alpha value is -1.65. The maximum absolute atomic E-state index is 12.3. The van der Waals surface area contributed by atoms with Crippen LogP contribution in [0.3, 0.4) is 0 Å². The smallest absolute Gasteiger partial charge is 0.244 e. The molecule has 1 saturated heterocycles. The first kappa shape index (κ1) is 19.7. The van der Waals surface area contributed by atoms with Crippen LogP contribution >= 0.6 is 11.8 Å². The molecule has 2 amide bonds. The molecule has 0 spiro atoms. The van der Waals surface area contributed by atoms with E-state index in [-0.39, 0.29) is 28.4 Å². The molecule has 1 fully saturated rings. The Balaban J connectivity index is 1.93. The first-order valence-corrected chi connectivity index (χ1v) is 10.2. The Labute approximate surface area is 151 Å². The number of amides is 2. The summed E-state index contributed by atoms with van der Waals surface area (Å²) in [6.45, 7) is 0.985. The molecule has 1 aromatic rings. The molecule has 0 aromatic carbocycles. The number of hydrogen-bond acceptors (Lipinski definition) is 6. The molecule has 10 heteroatoms. The van der Waals surface area contributed by atoms with Crippen molar-refractivity contribution < 1.29 is 18.0 Å². The number of rotatable bonds is 6. The highest BCUT2D eigenvalue weighted by Gasteiger charge is 2.27. The summed E-state index contributed by atoms with van der Waals surface area (Å²) in [4.78, 5) is 29.4. The van der Waals surface area contributed by atoms with Crippen molar-refractivity contribution in [2.75, 3.05) is 32.9 Å². The zero-order valence-corrected chi connectivity index (χ0v) is 15.8. The molecule has 8 nitrogen and oxygen atoms in total. The highest BCUT2D eigenvalue weighted by Crippen LogP contribution is 2.21. The number of carbonyl (C=O) groups excluding carboxylic acids is 2. The third-order valence-corrected chi connectivity index (χ3v) is 6.73. The van der Waals surface area contributed by atoms with E-state index in [4.69, 9.17) is 5.73 Å². The largest absolute Gasteiger partial charge is 0.369 e. The summed E-state index contributed by atoms with van der Waals surface area (Å²) in [7, 11) is -0.608. The van der Waals surface area contributed by atoms with Crippen LogP contribution in [0.2, 0.25) is 0 Å². The summed E-state index contributed by atoms with van der Waals surface area (Å²) in [5.74, 6) is -0.554. The van der Waals surface area contributed by atoms with Crippen LogP contribution in [-0.4, -0.2) is 67.4 Å². The van der Waals surface area contributed by atoms with E-state index >= 15 is 0 Å². The van der Waals surface area contributed by atoms with Gasteiger partial charge < -0.3 is 10.6 Å². The lowest BCUT2D eigenvalue weighted by Gasteiger charge is -2.31. The lowest BCUT2D eigenvalue weighted by Crippen LogP contribution is -2.44. The van der Waals surface area contributed by atoms with Gasteiger partial charge in [0.05, 0.1) is 16.7 Å². The Morgan fingerprint density at radius 1 is 1.40 bits per heavy atom. The van der Waals surface area contributed by atoms with E-state index in [1.807, 2.05) is 0 Å². The van der Waals surface area contributed by atoms with E-state index in [0.29, 0.717) is 18.1 Å². The van der Waals surface area contributed by atoms with Gasteiger partial charge in [-0.25, -0.2) is 17.7 Å². The average molecular weight is 386 g/mol. The second-order valence-electron chi connectivity index (χ2n) is 5.99. The standard InChI is InChI=1S/C15H22N4O4S2/c1-18(2)25(22,23)12-5-6-13(17-8-12)24-10-14(20)19-7-3-4-11(9-19)15(16)21/h5-6,8,11H,3-4,7,9-10H2,1-2H3,(H2,16,21). The maximum atomic E-state index is 12.3. The van der Waals surface area contributed by atoms with E-state index in [9.17, 15) is 18.0 Å². The van der Waals surface area contributed by atoms with Gasteiger partial charge in [0.25, 0.3) is 0 Å². The number of hydrogen-bond donors (Lipinski definition) is 1. The minimum absolute atomic E-state index is 0.0808. The third-order valence-electron chi connectivity index (χ3n) is 4.01. The lowest BCUT2D eigenvalue weighted by molar-refractivity contribution is -0.132. The number of nitrogens with zero attached hydrogens (tertiary/aromatic N) is 3. The van der Waals surface area contributed by atoms with Gasteiger partial charge >= 0.3 is 0 Å². The van der Waals surface area contributed by atoms with Gasteiger partial charge in [0.1, 0.15) is 4.90 Å². The molecular weight excluding hydrogens is 364 g/mol. The first-order valence-electron chi connectivity index (χ1n) is 7.80. The van der Waals surface area contributed by atoms with Crippen LogP contribution in [-0.2, 0) is 19.6 Å². The molecular formula is C15H22N4O4S2. The molecule has 0 aliphatic carbocycles. The monoisotopic (exact) mass is 386 g/mol. The van der Waals surface area contributed by atoms with Gasteiger partial charge in [-0.2, -0.15) is 0 Å². The second kappa shape index (κ2) is 8.15. The van der Waals surface area contributed by atoms with Crippen LogP contribution in [0, 0.1) is 5.92 Å². The summed E-state index contributed by atoms with van der Waals surface area (Å²) < 4.78 is 25.1. The minimum atomic E-state index is -3.51. The Kier molecular flexibility index (Phi) is 6.42. The van der Waals surface area contributed by atoms with E-state index in [2.05, 4.69) is 4.98 Å². The molecule has 2 N–H and O–H groups in total. The van der Waals surface area contributed by atoms with E-state index in [1.54, 1.807) is 11.0 Å². The summed E-state index contributed by atoms with van der Waals surface area (Å²) in [5.41, 5.74) is 5.32. The molecule has 1 aromatic heterocycles. The molecule has 1 unspecified atom stereocenters. The zero-order chi connectivity index (χ0) is 18.6. The topological polar surface area (TPSA) is 114 Å². The van der Waals surface area contributed by atoms with Gasteiger partial charge in [-0.05, 0) is 25.0 Å². The number of carbonyl (C=O) groups is 2. The number of piperidine rings is 1. The first-order chi connectivity index (χ1) is 11.7. The van der Waals surface area contributed by atoms with Crippen LogP contribution in [0.25, 0.3) is 0 Å². The van der Waals surface area contributed by atoms with Gasteiger partial charge in [-0.1, -0.05) is 11.8 Å². The summed E-state index contributed by atoms with van der Waals surface area (Å²) in [6, 6.07) is 3.05. The minimum Gasteiger partial charge on any atom is -0.369 e. The SMILES string of the molecule is CN(C)S(=O)(=O)c1ccc(SCC(=O)N2CCCC(C(N)=O)C2)nc1. The number of nitrogens with two attached hydrogens (primary N) is 1. The Morgan fingerprint density at radius 2 is 2.12 bits per heavy atom. The average Bonchev–Trinajstić information content (AvgIpc) is 2.60. The molecule has 25 heavy (non-hydrogen) atoms. The van der Waals surface area contributed by atoms with Gasteiger partial charge in [-0.15, -0.1) is 0 Å². The van der Waals surface area contributed by atoms with Gasteiger partial charge in [0.15, 0.2) is 0 Å². The summed E-state index contributed by atoms with van der Waals surface area (Å²) in [5, 5.41) is 0.564. The molecule has 0 bridgehead atoms. The highest BCUT2D eigenvalue weighted by molar-refractivity contribution is 7.99. The van der Waals surface area contributed by atoms with Crippen molar-refractivity contribution in [1.29, 1.82) is 0 Å². The van der Waals surface area contributed by atoms with Crippen LogP contribution in [0.4, 0.5) is 0 Å². The summed E-state index contributed by atoms with van der Waals surface area (Å²) in [6.07, 6.45) is 2.77. The van der Waals surface area contributed by atoms with Crippen molar-refractivity contribution in [1.82, 2.24) is 14.2 Å². The quantitative estimate of drug-likeness (QED) is 0.696. The van der Waals surface area contributed by atoms with Gasteiger partial charge in [0.2, 0.25) is 21.8 Å². The Morgan fingerprint density at radius 3 is 2.68 bits per heavy atom. The fourth-order valence-electron chi connectivity index (χ4n) is 2.48. The second-order valence-corrected chi connectivity index (χ2v) is 9.14. The number of aromatic nitrogens is 1. The van der Waals surface area contributed by atoms with Crippen molar-refractivity contribution in [2.45, 2.75) is 22.8 Å². The van der Waals surface area contributed by atoms with Crippen LogP contribution < -0.4 is 5.73 Å². The lowest BCUT2D eigenvalue weighted by atomic mass is 9.97.